The normalized spacial score (nSPS) is 12.1. The van der Waals surface area contributed by atoms with E-state index in [1.807, 2.05) is 0 Å². The molecular weight excluding hydrogens is 268 g/mol. The van der Waals surface area contributed by atoms with Gasteiger partial charge in [0.25, 0.3) is 0 Å². The highest BCUT2D eigenvalue weighted by Crippen LogP contribution is 2.19. The first-order valence-electron chi connectivity index (χ1n) is 5.64. The average molecular weight is 285 g/mol. The van der Waals surface area contributed by atoms with Crippen molar-refractivity contribution in [3.05, 3.63) is 29.3 Å². The van der Waals surface area contributed by atoms with Gasteiger partial charge in [-0.3, -0.25) is 5.43 Å². The molecule has 0 unspecified atom stereocenters. The summed E-state index contributed by atoms with van der Waals surface area (Å²) in [5, 5.41) is 14.8. The van der Waals surface area contributed by atoms with Crippen molar-refractivity contribution in [1.29, 1.82) is 0 Å². The van der Waals surface area contributed by atoms with Crippen LogP contribution in [0.3, 0.4) is 0 Å². The Bertz CT molecular complexity index is 488. The van der Waals surface area contributed by atoms with E-state index in [1.165, 1.54) is 0 Å². The molecule has 4 N–H and O–H groups in total. The molecule has 0 saturated heterocycles. The molecule has 7 heteroatoms. The number of carbonyl (C=O) groups excluding carboxylic acids is 1. The predicted molar refractivity (Wildman–Crippen MR) is 75.7 cm³/mol. The van der Waals surface area contributed by atoms with Crippen LogP contribution in [0.15, 0.2) is 29.4 Å². The molecule has 0 saturated carbocycles. The molecule has 0 fully saturated rings. The van der Waals surface area contributed by atoms with Gasteiger partial charge in [-0.2, -0.15) is 0 Å². The fourth-order valence-corrected chi connectivity index (χ4v) is 1.33. The van der Waals surface area contributed by atoms with Gasteiger partial charge in [0.05, 0.1) is 22.0 Å². The lowest BCUT2D eigenvalue weighted by Crippen LogP contribution is -2.55. The summed E-state index contributed by atoms with van der Waals surface area (Å²) in [6.07, 6.45) is 0. The average Bonchev–Trinajstić information content (AvgIpc) is 2.38. The number of para-hydroxylation sites is 1. The lowest BCUT2D eigenvalue weighted by Gasteiger charge is -2.25. The van der Waals surface area contributed by atoms with Crippen LogP contribution in [0, 0.1) is 0 Å². The topological polar surface area (TPSA) is 85.8 Å². The Kier molecular flexibility index (Phi) is 5.14. The van der Waals surface area contributed by atoms with E-state index in [1.54, 1.807) is 45.0 Å². The van der Waals surface area contributed by atoms with E-state index in [-0.39, 0.29) is 0 Å². The molecule has 0 heterocycles. The Labute approximate surface area is 116 Å². The maximum atomic E-state index is 11.7. The molecule has 0 radical (unpaired) electrons. The van der Waals surface area contributed by atoms with Crippen LogP contribution in [-0.2, 0) is 0 Å². The first-order chi connectivity index (χ1) is 8.86. The monoisotopic (exact) mass is 284 g/mol. The van der Waals surface area contributed by atoms with E-state index in [0.29, 0.717) is 16.4 Å². The van der Waals surface area contributed by atoms with Gasteiger partial charge in [0.1, 0.15) is 0 Å². The molecule has 104 valence electrons. The van der Waals surface area contributed by atoms with Gasteiger partial charge in [-0.25, -0.2) is 10.2 Å². The molecule has 0 spiro atoms. The molecular formula is C12H17ClN4O2. The highest BCUT2D eigenvalue weighted by Gasteiger charge is 2.22. The van der Waals surface area contributed by atoms with E-state index in [9.17, 15) is 4.79 Å². The van der Waals surface area contributed by atoms with Gasteiger partial charge in [-0.1, -0.05) is 28.9 Å². The number of benzene rings is 1. The smallest absolute Gasteiger partial charge is 0.333 e. The van der Waals surface area contributed by atoms with Crippen molar-refractivity contribution in [3.63, 3.8) is 0 Å². The standard InChI is InChI=1S/C12H17ClN4O2/c1-8(16-19)12(2,3)17-15-11(18)14-10-7-5-4-6-9(10)13/h4-7,17,19H,1-3H3,(H2,14,15,18)/b16-8+. The summed E-state index contributed by atoms with van der Waals surface area (Å²) in [5.41, 5.74) is 5.49. The van der Waals surface area contributed by atoms with Crippen LogP contribution in [-0.4, -0.2) is 22.5 Å². The van der Waals surface area contributed by atoms with Crippen molar-refractivity contribution in [2.24, 2.45) is 5.16 Å². The van der Waals surface area contributed by atoms with Gasteiger partial charge in [0.2, 0.25) is 0 Å². The minimum absolute atomic E-state index is 0.436. The van der Waals surface area contributed by atoms with Gasteiger partial charge < -0.3 is 10.5 Å². The fourth-order valence-electron chi connectivity index (χ4n) is 1.14. The number of hydrazine groups is 1. The maximum absolute atomic E-state index is 11.7. The van der Waals surface area contributed by atoms with E-state index in [0.717, 1.165) is 0 Å². The van der Waals surface area contributed by atoms with E-state index in [2.05, 4.69) is 21.3 Å². The van der Waals surface area contributed by atoms with Crippen LogP contribution in [0.1, 0.15) is 20.8 Å². The van der Waals surface area contributed by atoms with E-state index < -0.39 is 11.6 Å². The Hall–Kier alpha value is -1.79. The SMILES string of the molecule is C/C(=N\O)C(C)(C)NNC(=O)Nc1ccccc1Cl. The molecule has 0 bridgehead atoms. The summed E-state index contributed by atoms with van der Waals surface area (Å²) in [6.45, 7) is 5.16. The molecule has 0 aromatic heterocycles. The number of oxime groups is 1. The minimum Gasteiger partial charge on any atom is -0.411 e. The Balaban J connectivity index is 2.56. The molecule has 0 aliphatic carbocycles. The second-order valence-corrected chi connectivity index (χ2v) is 4.90. The van der Waals surface area contributed by atoms with Crippen molar-refractivity contribution >= 4 is 29.0 Å². The third kappa shape index (κ3) is 4.42. The van der Waals surface area contributed by atoms with Crippen LogP contribution >= 0.6 is 11.6 Å². The number of amides is 2. The van der Waals surface area contributed by atoms with Crippen molar-refractivity contribution in [2.75, 3.05) is 5.32 Å². The number of anilines is 1. The first kappa shape index (κ1) is 15.3. The third-order valence-corrected chi connectivity index (χ3v) is 2.99. The highest BCUT2D eigenvalue weighted by molar-refractivity contribution is 6.33. The van der Waals surface area contributed by atoms with Crippen molar-refractivity contribution in [1.82, 2.24) is 10.9 Å². The van der Waals surface area contributed by atoms with E-state index >= 15 is 0 Å². The summed E-state index contributed by atoms with van der Waals surface area (Å²) < 4.78 is 0. The second kappa shape index (κ2) is 6.40. The lowest BCUT2D eigenvalue weighted by molar-refractivity contribution is 0.243. The quantitative estimate of drug-likeness (QED) is 0.389. The molecule has 1 aromatic carbocycles. The number of urea groups is 1. The second-order valence-electron chi connectivity index (χ2n) is 4.49. The van der Waals surface area contributed by atoms with Crippen LogP contribution < -0.4 is 16.2 Å². The highest BCUT2D eigenvalue weighted by atomic mass is 35.5. The fraction of sp³-hybridized carbons (Fsp3) is 0.333. The maximum Gasteiger partial charge on any atom is 0.333 e. The van der Waals surface area contributed by atoms with E-state index in [4.69, 9.17) is 16.8 Å². The van der Waals surface area contributed by atoms with Crippen molar-refractivity contribution < 1.29 is 10.0 Å². The zero-order valence-electron chi connectivity index (χ0n) is 11.0. The zero-order valence-corrected chi connectivity index (χ0v) is 11.7. The number of hydrogen-bond donors (Lipinski definition) is 4. The summed E-state index contributed by atoms with van der Waals surface area (Å²) in [6, 6.07) is 6.44. The lowest BCUT2D eigenvalue weighted by atomic mass is 10.0. The first-order valence-corrected chi connectivity index (χ1v) is 6.02. The van der Waals surface area contributed by atoms with Crippen LogP contribution in [0.2, 0.25) is 5.02 Å². The molecule has 6 nitrogen and oxygen atoms in total. The third-order valence-electron chi connectivity index (χ3n) is 2.67. The van der Waals surface area contributed by atoms with Crippen molar-refractivity contribution in [3.8, 4) is 0 Å². The summed E-state index contributed by atoms with van der Waals surface area (Å²) >= 11 is 5.92. The van der Waals surface area contributed by atoms with Crippen LogP contribution in [0.4, 0.5) is 10.5 Å². The Morgan fingerprint density at radius 1 is 1.37 bits per heavy atom. The molecule has 1 aromatic rings. The van der Waals surface area contributed by atoms with Gasteiger partial charge in [0, 0.05) is 0 Å². The number of nitrogens with one attached hydrogen (secondary N) is 3. The van der Waals surface area contributed by atoms with Gasteiger partial charge >= 0.3 is 6.03 Å². The number of rotatable bonds is 4. The summed E-state index contributed by atoms with van der Waals surface area (Å²) in [7, 11) is 0. The molecule has 0 aliphatic heterocycles. The van der Waals surface area contributed by atoms with Crippen LogP contribution in [0.25, 0.3) is 0 Å². The Morgan fingerprint density at radius 2 is 2.00 bits per heavy atom. The summed E-state index contributed by atoms with van der Waals surface area (Å²) in [4.78, 5) is 11.7. The Morgan fingerprint density at radius 3 is 2.58 bits per heavy atom. The molecule has 1 rings (SSSR count). The number of halogens is 1. The number of carbonyl (C=O) groups is 1. The van der Waals surface area contributed by atoms with Crippen molar-refractivity contribution in [2.45, 2.75) is 26.3 Å². The number of hydrogen-bond acceptors (Lipinski definition) is 4. The van der Waals surface area contributed by atoms with Gasteiger partial charge in [0.15, 0.2) is 0 Å². The van der Waals surface area contributed by atoms with Gasteiger partial charge in [-0.05, 0) is 32.9 Å². The zero-order chi connectivity index (χ0) is 14.5. The summed E-state index contributed by atoms with van der Waals surface area (Å²) in [5.74, 6) is 0. The van der Waals surface area contributed by atoms with Gasteiger partial charge in [-0.15, -0.1) is 0 Å². The molecule has 0 aliphatic rings. The minimum atomic E-state index is -0.674. The number of nitrogens with zero attached hydrogens (tertiary/aromatic N) is 1. The van der Waals surface area contributed by atoms with Crippen LogP contribution in [0.5, 0.6) is 0 Å². The molecule has 2 amide bonds. The largest absolute Gasteiger partial charge is 0.411 e. The predicted octanol–water partition coefficient (Wildman–Crippen LogP) is 2.59. The molecule has 19 heavy (non-hydrogen) atoms. The molecule has 0 atom stereocenters.